The molecule has 26 heavy (non-hydrogen) atoms. The highest BCUT2D eigenvalue weighted by Crippen LogP contribution is 2.21. The van der Waals surface area contributed by atoms with Gasteiger partial charge in [0.25, 0.3) is 0 Å². The highest BCUT2D eigenvalue weighted by atomic mass is 35.5. The lowest BCUT2D eigenvalue weighted by Gasteiger charge is -2.10. The van der Waals surface area contributed by atoms with E-state index in [4.69, 9.17) is 21.5 Å². The molecule has 0 aromatic heterocycles. The third kappa shape index (κ3) is 6.33. The number of nitrogens with one attached hydrogen (secondary N) is 1. The summed E-state index contributed by atoms with van der Waals surface area (Å²) in [4.78, 5) is 11.9. The molecule has 140 valence electrons. The van der Waals surface area contributed by atoms with E-state index in [2.05, 4.69) is 5.32 Å². The van der Waals surface area contributed by atoms with Gasteiger partial charge in [0.2, 0.25) is 15.9 Å². The molecule has 0 fully saturated rings. The fraction of sp³-hybridized carbons (Fsp3) is 0.278. The molecule has 0 aliphatic carbocycles. The Hall–Kier alpha value is -2.09. The number of hydrogen-bond donors (Lipinski definition) is 2. The summed E-state index contributed by atoms with van der Waals surface area (Å²) in [7, 11) is -3.75. The molecule has 0 heterocycles. The fourth-order valence-electron chi connectivity index (χ4n) is 2.31. The molecule has 2 rings (SSSR count). The minimum Gasteiger partial charge on any atom is -0.493 e. The van der Waals surface area contributed by atoms with Crippen molar-refractivity contribution in [2.75, 3.05) is 6.61 Å². The summed E-state index contributed by atoms with van der Waals surface area (Å²) in [6, 6.07) is 11.5. The quantitative estimate of drug-likeness (QED) is 0.670. The van der Waals surface area contributed by atoms with Crippen LogP contribution >= 0.6 is 11.6 Å². The largest absolute Gasteiger partial charge is 0.493 e. The van der Waals surface area contributed by atoms with Crippen molar-refractivity contribution in [1.29, 1.82) is 0 Å². The van der Waals surface area contributed by atoms with Crippen molar-refractivity contribution in [1.82, 2.24) is 5.32 Å². The molecule has 0 unspecified atom stereocenters. The van der Waals surface area contributed by atoms with Crippen LogP contribution < -0.4 is 15.2 Å². The van der Waals surface area contributed by atoms with Crippen LogP contribution in [0.2, 0.25) is 5.02 Å². The summed E-state index contributed by atoms with van der Waals surface area (Å²) in [5, 5.41) is 8.49. The third-order valence-corrected chi connectivity index (χ3v) is 4.81. The van der Waals surface area contributed by atoms with E-state index in [9.17, 15) is 13.2 Å². The summed E-state index contributed by atoms with van der Waals surface area (Å²) in [5.41, 5.74) is 1.61. The average Bonchev–Trinajstić information content (AvgIpc) is 2.58. The summed E-state index contributed by atoms with van der Waals surface area (Å²) < 4.78 is 28.3. The van der Waals surface area contributed by atoms with Gasteiger partial charge in [-0.2, -0.15) is 0 Å². The zero-order valence-corrected chi connectivity index (χ0v) is 15.9. The van der Waals surface area contributed by atoms with E-state index in [1.807, 2.05) is 13.0 Å². The first-order valence-electron chi connectivity index (χ1n) is 8.03. The first kappa shape index (κ1) is 20.2. The van der Waals surface area contributed by atoms with Gasteiger partial charge in [0.1, 0.15) is 5.75 Å². The minimum absolute atomic E-state index is 0.0241. The minimum atomic E-state index is -3.75. The number of amides is 1. The van der Waals surface area contributed by atoms with Gasteiger partial charge in [-0.05, 0) is 54.8 Å². The second-order valence-electron chi connectivity index (χ2n) is 5.83. The number of nitrogens with two attached hydrogens (primary N) is 1. The molecular weight excluding hydrogens is 376 g/mol. The van der Waals surface area contributed by atoms with E-state index in [0.717, 1.165) is 11.3 Å². The number of benzene rings is 2. The van der Waals surface area contributed by atoms with Crippen molar-refractivity contribution >= 4 is 27.5 Å². The third-order valence-electron chi connectivity index (χ3n) is 3.66. The van der Waals surface area contributed by atoms with Crippen LogP contribution in [0.1, 0.15) is 24.0 Å². The van der Waals surface area contributed by atoms with Gasteiger partial charge in [-0.3, -0.25) is 4.79 Å². The Morgan fingerprint density at radius 3 is 2.69 bits per heavy atom. The zero-order valence-electron chi connectivity index (χ0n) is 14.4. The molecule has 0 spiro atoms. The predicted molar refractivity (Wildman–Crippen MR) is 101 cm³/mol. The molecular formula is C18H21ClN2O4S. The van der Waals surface area contributed by atoms with Crippen LogP contribution in [0.4, 0.5) is 0 Å². The average molecular weight is 397 g/mol. The molecule has 0 aliphatic rings. The van der Waals surface area contributed by atoms with Crippen LogP contribution in [0.3, 0.4) is 0 Å². The van der Waals surface area contributed by atoms with Crippen LogP contribution in [0.25, 0.3) is 0 Å². The fourth-order valence-corrected chi connectivity index (χ4v) is 3.12. The Kier molecular flexibility index (Phi) is 7.02. The van der Waals surface area contributed by atoms with E-state index in [0.29, 0.717) is 30.0 Å². The summed E-state index contributed by atoms with van der Waals surface area (Å²) >= 11 is 5.89. The molecule has 8 heteroatoms. The van der Waals surface area contributed by atoms with Gasteiger partial charge in [0.05, 0.1) is 11.5 Å². The van der Waals surface area contributed by atoms with E-state index in [1.165, 1.54) is 12.1 Å². The van der Waals surface area contributed by atoms with Gasteiger partial charge in [0, 0.05) is 18.0 Å². The smallest absolute Gasteiger partial charge is 0.238 e. The number of carbonyl (C=O) groups excluding carboxylic acids is 1. The monoisotopic (exact) mass is 396 g/mol. The van der Waals surface area contributed by atoms with Gasteiger partial charge in [-0.25, -0.2) is 13.6 Å². The molecule has 0 atom stereocenters. The lowest BCUT2D eigenvalue weighted by molar-refractivity contribution is -0.121. The van der Waals surface area contributed by atoms with E-state index in [-0.39, 0.29) is 17.3 Å². The second-order valence-corrected chi connectivity index (χ2v) is 7.83. The van der Waals surface area contributed by atoms with Crippen LogP contribution in [-0.4, -0.2) is 20.9 Å². The number of primary sulfonamides is 1. The Labute approximate surface area is 158 Å². The van der Waals surface area contributed by atoms with Crippen molar-refractivity contribution in [2.45, 2.75) is 31.2 Å². The number of rotatable bonds is 8. The SMILES string of the molecule is Cc1cc(Cl)ccc1OCCCC(=O)NCc1cccc(S(N)(=O)=O)c1. The highest BCUT2D eigenvalue weighted by Gasteiger charge is 2.09. The number of halogens is 1. The Morgan fingerprint density at radius 2 is 2.00 bits per heavy atom. The molecule has 1 amide bonds. The second kappa shape index (κ2) is 9.02. The van der Waals surface area contributed by atoms with E-state index < -0.39 is 10.0 Å². The summed E-state index contributed by atoms with van der Waals surface area (Å²) in [6.45, 7) is 2.56. The molecule has 0 radical (unpaired) electrons. The molecule has 2 aromatic rings. The Bertz CT molecular complexity index is 885. The maximum Gasteiger partial charge on any atom is 0.238 e. The number of aryl methyl sites for hydroxylation is 1. The molecule has 0 saturated heterocycles. The van der Waals surface area contributed by atoms with Crippen LogP contribution in [0, 0.1) is 6.92 Å². The van der Waals surface area contributed by atoms with Crippen LogP contribution in [-0.2, 0) is 21.4 Å². The maximum atomic E-state index is 11.9. The molecule has 2 aromatic carbocycles. The van der Waals surface area contributed by atoms with Gasteiger partial charge >= 0.3 is 0 Å². The van der Waals surface area contributed by atoms with Crippen LogP contribution in [0.5, 0.6) is 5.75 Å². The Morgan fingerprint density at radius 1 is 1.23 bits per heavy atom. The number of hydrogen-bond acceptors (Lipinski definition) is 4. The van der Waals surface area contributed by atoms with Crippen molar-refractivity contribution in [3.8, 4) is 5.75 Å². The molecule has 6 nitrogen and oxygen atoms in total. The molecule has 0 bridgehead atoms. The normalized spacial score (nSPS) is 11.2. The van der Waals surface area contributed by atoms with Gasteiger partial charge < -0.3 is 10.1 Å². The van der Waals surface area contributed by atoms with Gasteiger partial charge in [-0.1, -0.05) is 23.7 Å². The number of sulfonamides is 1. The first-order chi connectivity index (χ1) is 12.3. The lowest BCUT2D eigenvalue weighted by Crippen LogP contribution is -2.23. The van der Waals surface area contributed by atoms with E-state index >= 15 is 0 Å². The first-order valence-corrected chi connectivity index (χ1v) is 9.95. The zero-order chi connectivity index (χ0) is 19.2. The standard InChI is InChI=1S/C18H21ClN2O4S/c1-13-10-15(19)7-8-17(13)25-9-3-6-18(22)21-12-14-4-2-5-16(11-14)26(20,23)24/h2,4-5,7-8,10-11H,3,6,9,12H2,1H3,(H,21,22)(H2,20,23,24). The van der Waals surface area contributed by atoms with Crippen molar-refractivity contribution in [2.24, 2.45) is 5.14 Å². The Balaban J connectivity index is 1.74. The summed E-state index contributed by atoms with van der Waals surface area (Å²) in [5.74, 6) is 0.608. The predicted octanol–water partition coefficient (Wildman–Crippen LogP) is 2.77. The van der Waals surface area contributed by atoms with Gasteiger partial charge in [0.15, 0.2) is 0 Å². The topological polar surface area (TPSA) is 98.5 Å². The summed E-state index contributed by atoms with van der Waals surface area (Å²) in [6.07, 6.45) is 0.868. The van der Waals surface area contributed by atoms with Crippen LogP contribution in [0.15, 0.2) is 47.4 Å². The van der Waals surface area contributed by atoms with Crippen molar-refractivity contribution in [3.63, 3.8) is 0 Å². The van der Waals surface area contributed by atoms with E-state index in [1.54, 1.807) is 24.3 Å². The highest BCUT2D eigenvalue weighted by molar-refractivity contribution is 7.89. The number of carbonyl (C=O) groups is 1. The maximum absolute atomic E-state index is 11.9. The molecule has 0 aliphatic heterocycles. The lowest BCUT2D eigenvalue weighted by atomic mass is 10.2. The number of ether oxygens (including phenoxy) is 1. The van der Waals surface area contributed by atoms with Crippen molar-refractivity contribution in [3.05, 3.63) is 58.6 Å². The molecule has 3 N–H and O–H groups in total. The molecule has 0 saturated carbocycles. The van der Waals surface area contributed by atoms with Crippen molar-refractivity contribution < 1.29 is 17.9 Å². The van der Waals surface area contributed by atoms with Gasteiger partial charge in [-0.15, -0.1) is 0 Å².